The van der Waals surface area contributed by atoms with Crippen LogP contribution in [0.1, 0.15) is 42.2 Å². The van der Waals surface area contributed by atoms with Crippen molar-refractivity contribution in [3.63, 3.8) is 0 Å². The smallest absolute Gasteiger partial charge is 0.126 e. The Bertz CT molecular complexity index is 711. The minimum atomic E-state index is 0.321. The molecule has 1 unspecified atom stereocenters. The topological polar surface area (TPSA) is 47.9 Å². The van der Waals surface area contributed by atoms with Crippen molar-refractivity contribution >= 4 is 0 Å². The molecule has 4 heteroatoms. The summed E-state index contributed by atoms with van der Waals surface area (Å²) in [5, 5.41) is 10.3. The van der Waals surface area contributed by atoms with E-state index in [-0.39, 0.29) is 0 Å². The van der Waals surface area contributed by atoms with Crippen molar-refractivity contribution in [2.75, 3.05) is 21.3 Å². The molecule has 128 valence electrons. The van der Waals surface area contributed by atoms with Crippen LogP contribution in [0.4, 0.5) is 0 Å². The van der Waals surface area contributed by atoms with Crippen molar-refractivity contribution in [1.82, 2.24) is 0 Å². The first-order valence-electron chi connectivity index (χ1n) is 8.25. The van der Waals surface area contributed by atoms with Crippen LogP contribution in [0, 0.1) is 0 Å². The third-order valence-corrected chi connectivity index (χ3v) is 4.99. The van der Waals surface area contributed by atoms with E-state index < -0.39 is 0 Å². The number of ether oxygens (including phenoxy) is 3. The van der Waals surface area contributed by atoms with Crippen LogP contribution in [0.25, 0.3) is 0 Å². The van der Waals surface area contributed by atoms with Crippen molar-refractivity contribution in [2.45, 2.75) is 31.1 Å². The molecule has 0 bridgehead atoms. The predicted molar refractivity (Wildman–Crippen MR) is 93.5 cm³/mol. The molecule has 0 saturated heterocycles. The van der Waals surface area contributed by atoms with E-state index in [0.29, 0.717) is 23.3 Å². The Morgan fingerprint density at radius 2 is 1.38 bits per heavy atom. The molecule has 0 heterocycles. The fourth-order valence-electron chi connectivity index (χ4n) is 3.70. The van der Waals surface area contributed by atoms with Crippen molar-refractivity contribution in [3.05, 3.63) is 47.5 Å². The summed E-state index contributed by atoms with van der Waals surface area (Å²) in [5.41, 5.74) is 2.22. The number of hydrogen-bond donors (Lipinski definition) is 1. The molecular formula is C20H24O4. The molecule has 2 aromatic rings. The van der Waals surface area contributed by atoms with Gasteiger partial charge >= 0.3 is 0 Å². The zero-order chi connectivity index (χ0) is 17.1. The zero-order valence-electron chi connectivity index (χ0n) is 14.4. The summed E-state index contributed by atoms with van der Waals surface area (Å²) in [7, 11) is 4.96. The number of benzene rings is 2. The Balaban J connectivity index is 1.80. The summed E-state index contributed by atoms with van der Waals surface area (Å²) >= 11 is 0. The SMILES string of the molecule is COc1ccc([C@@H]2CCC(c3ccc(OC)cc3OC)C2)c(O)c1. The molecule has 2 atom stereocenters. The molecule has 4 nitrogen and oxygen atoms in total. The molecule has 2 aromatic carbocycles. The summed E-state index contributed by atoms with van der Waals surface area (Å²) in [6, 6.07) is 11.6. The predicted octanol–water partition coefficient (Wildman–Crippen LogP) is 4.47. The Morgan fingerprint density at radius 1 is 0.792 bits per heavy atom. The molecule has 0 aromatic heterocycles. The van der Waals surface area contributed by atoms with Gasteiger partial charge in [-0.2, -0.15) is 0 Å². The molecule has 0 amide bonds. The van der Waals surface area contributed by atoms with Gasteiger partial charge in [-0.25, -0.2) is 0 Å². The van der Waals surface area contributed by atoms with Crippen LogP contribution in [0.5, 0.6) is 23.0 Å². The molecular weight excluding hydrogens is 304 g/mol. The Kier molecular flexibility index (Phi) is 4.84. The van der Waals surface area contributed by atoms with E-state index in [0.717, 1.165) is 36.3 Å². The zero-order valence-corrected chi connectivity index (χ0v) is 14.4. The highest BCUT2D eigenvalue weighted by Crippen LogP contribution is 2.48. The molecule has 0 radical (unpaired) electrons. The molecule has 0 aliphatic heterocycles. The van der Waals surface area contributed by atoms with E-state index in [1.807, 2.05) is 24.3 Å². The van der Waals surface area contributed by atoms with Gasteiger partial charge in [0.25, 0.3) is 0 Å². The van der Waals surface area contributed by atoms with Crippen molar-refractivity contribution < 1.29 is 19.3 Å². The minimum absolute atomic E-state index is 0.321. The van der Waals surface area contributed by atoms with Gasteiger partial charge in [0.1, 0.15) is 23.0 Å². The van der Waals surface area contributed by atoms with Crippen LogP contribution in [0.15, 0.2) is 36.4 Å². The second kappa shape index (κ2) is 7.04. The molecule has 1 aliphatic carbocycles. The highest BCUT2D eigenvalue weighted by atomic mass is 16.5. The van der Waals surface area contributed by atoms with E-state index in [9.17, 15) is 5.11 Å². The lowest BCUT2D eigenvalue weighted by Gasteiger charge is -2.17. The highest BCUT2D eigenvalue weighted by molar-refractivity contribution is 5.45. The number of phenols is 1. The number of methoxy groups -OCH3 is 3. The average molecular weight is 328 g/mol. The van der Waals surface area contributed by atoms with E-state index in [1.54, 1.807) is 27.4 Å². The lowest BCUT2D eigenvalue weighted by molar-refractivity contribution is 0.388. The van der Waals surface area contributed by atoms with E-state index in [4.69, 9.17) is 14.2 Å². The summed E-state index contributed by atoms with van der Waals surface area (Å²) in [6.45, 7) is 0. The van der Waals surface area contributed by atoms with Crippen LogP contribution in [0.2, 0.25) is 0 Å². The van der Waals surface area contributed by atoms with Crippen LogP contribution >= 0.6 is 0 Å². The lowest BCUT2D eigenvalue weighted by atomic mass is 9.92. The number of hydrogen-bond acceptors (Lipinski definition) is 4. The molecule has 1 saturated carbocycles. The van der Waals surface area contributed by atoms with Gasteiger partial charge in [0.05, 0.1) is 21.3 Å². The molecule has 1 fully saturated rings. The normalized spacial score (nSPS) is 20.0. The second-order valence-electron chi connectivity index (χ2n) is 6.24. The highest BCUT2D eigenvalue weighted by Gasteiger charge is 2.30. The molecule has 3 rings (SSSR count). The Morgan fingerprint density at radius 3 is 1.96 bits per heavy atom. The summed E-state index contributed by atoms with van der Waals surface area (Å²) in [6.07, 6.45) is 3.14. The van der Waals surface area contributed by atoms with E-state index in [2.05, 4.69) is 6.07 Å². The molecule has 24 heavy (non-hydrogen) atoms. The van der Waals surface area contributed by atoms with Crippen LogP contribution in [-0.2, 0) is 0 Å². The fourth-order valence-corrected chi connectivity index (χ4v) is 3.70. The average Bonchev–Trinajstić information content (AvgIpc) is 3.10. The number of rotatable bonds is 5. The fraction of sp³-hybridized carbons (Fsp3) is 0.400. The number of aromatic hydroxyl groups is 1. The van der Waals surface area contributed by atoms with Gasteiger partial charge in [-0.05, 0) is 54.4 Å². The molecule has 1 aliphatic rings. The maximum atomic E-state index is 10.3. The van der Waals surface area contributed by atoms with Gasteiger partial charge in [0.15, 0.2) is 0 Å². The summed E-state index contributed by atoms with van der Waals surface area (Å²) in [5.74, 6) is 3.46. The van der Waals surface area contributed by atoms with E-state index in [1.165, 1.54) is 5.56 Å². The third kappa shape index (κ3) is 3.14. The Labute approximate surface area is 143 Å². The van der Waals surface area contributed by atoms with Gasteiger partial charge < -0.3 is 19.3 Å². The Hall–Kier alpha value is -2.36. The standard InChI is InChI=1S/C20H24O4/c1-22-15-6-8-17(19(21)11-15)13-4-5-14(10-13)18-9-7-16(23-2)12-20(18)24-3/h6-9,11-14,21H,4-5,10H2,1-3H3/t13-,14?/m1/s1. The van der Waals surface area contributed by atoms with Gasteiger partial charge in [0, 0.05) is 12.1 Å². The molecule has 1 N–H and O–H groups in total. The maximum Gasteiger partial charge on any atom is 0.126 e. The third-order valence-electron chi connectivity index (χ3n) is 4.99. The van der Waals surface area contributed by atoms with Crippen molar-refractivity contribution in [2.24, 2.45) is 0 Å². The van der Waals surface area contributed by atoms with Crippen molar-refractivity contribution in [3.8, 4) is 23.0 Å². The minimum Gasteiger partial charge on any atom is -0.508 e. The first-order valence-corrected chi connectivity index (χ1v) is 8.25. The summed E-state index contributed by atoms with van der Waals surface area (Å²) in [4.78, 5) is 0. The van der Waals surface area contributed by atoms with Gasteiger partial charge in [0.2, 0.25) is 0 Å². The first kappa shape index (κ1) is 16.5. The van der Waals surface area contributed by atoms with Gasteiger partial charge in [-0.1, -0.05) is 12.1 Å². The van der Waals surface area contributed by atoms with Gasteiger partial charge in [-0.15, -0.1) is 0 Å². The lowest BCUT2D eigenvalue weighted by Crippen LogP contribution is -1.99. The van der Waals surface area contributed by atoms with Crippen LogP contribution in [0.3, 0.4) is 0 Å². The molecule has 0 spiro atoms. The summed E-state index contributed by atoms with van der Waals surface area (Å²) < 4.78 is 16.0. The monoisotopic (exact) mass is 328 g/mol. The van der Waals surface area contributed by atoms with Gasteiger partial charge in [-0.3, -0.25) is 0 Å². The largest absolute Gasteiger partial charge is 0.508 e. The number of phenolic OH excluding ortho intramolecular Hbond substituents is 1. The first-order chi connectivity index (χ1) is 11.7. The van der Waals surface area contributed by atoms with Crippen LogP contribution in [-0.4, -0.2) is 26.4 Å². The van der Waals surface area contributed by atoms with Crippen molar-refractivity contribution in [1.29, 1.82) is 0 Å². The second-order valence-corrected chi connectivity index (χ2v) is 6.24. The quantitative estimate of drug-likeness (QED) is 0.880. The van der Waals surface area contributed by atoms with E-state index >= 15 is 0 Å². The van der Waals surface area contributed by atoms with Crippen LogP contribution < -0.4 is 14.2 Å². The maximum absolute atomic E-state index is 10.3.